The van der Waals surface area contributed by atoms with Gasteiger partial charge >= 0.3 is 11.9 Å². The minimum Gasteiger partial charge on any atom is -0.469 e. The molecule has 4 heteroatoms. The number of methoxy groups -OCH3 is 2. The summed E-state index contributed by atoms with van der Waals surface area (Å²) >= 11 is 0. The summed E-state index contributed by atoms with van der Waals surface area (Å²) in [5, 5.41) is 0. The average Bonchev–Trinajstić information content (AvgIpc) is 2.36. The molecule has 0 aliphatic rings. The van der Waals surface area contributed by atoms with Crippen LogP contribution in [-0.4, -0.2) is 26.2 Å². The Kier molecular flexibility index (Phi) is 9.49. The molecule has 17 heavy (non-hydrogen) atoms. The van der Waals surface area contributed by atoms with Crippen LogP contribution in [0.1, 0.15) is 51.9 Å². The number of hydrogen-bond donors (Lipinski definition) is 0. The Labute approximate surface area is 104 Å². The second-order valence-corrected chi connectivity index (χ2v) is 4.16. The molecule has 0 aromatic carbocycles. The SMILES string of the molecule is CCC(CCCCCCC(=O)OC)C(=O)OC. The molecular weight excluding hydrogens is 220 g/mol. The van der Waals surface area contributed by atoms with E-state index in [4.69, 9.17) is 4.74 Å². The van der Waals surface area contributed by atoms with Crippen LogP contribution < -0.4 is 0 Å². The van der Waals surface area contributed by atoms with Gasteiger partial charge in [-0.25, -0.2) is 0 Å². The van der Waals surface area contributed by atoms with E-state index in [1.807, 2.05) is 6.92 Å². The van der Waals surface area contributed by atoms with Crippen LogP contribution in [0.3, 0.4) is 0 Å². The van der Waals surface area contributed by atoms with Crippen molar-refractivity contribution in [3.8, 4) is 0 Å². The summed E-state index contributed by atoms with van der Waals surface area (Å²) in [7, 11) is 2.84. The van der Waals surface area contributed by atoms with Crippen LogP contribution in [0.15, 0.2) is 0 Å². The fraction of sp³-hybridized carbons (Fsp3) is 0.846. The molecule has 4 nitrogen and oxygen atoms in total. The molecule has 0 bridgehead atoms. The molecule has 0 rings (SSSR count). The summed E-state index contributed by atoms with van der Waals surface area (Å²) < 4.78 is 9.29. The van der Waals surface area contributed by atoms with Gasteiger partial charge in [0.25, 0.3) is 0 Å². The van der Waals surface area contributed by atoms with E-state index >= 15 is 0 Å². The van der Waals surface area contributed by atoms with Gasteiger partial charge in [-0.3, -0.25) is 9.59 Å². The Hall–Kier alpha value is -1.06. The van der Waals surface area contributed by atoms with Crippen LogP contribution in [0.2, 0.25) is 0 Å². The van der Waals surface area contributed by atoms with E-state index in [0.29, 0.717) is 6.42 Å². The lowest BCUT2D eigenvalue weighted by molar-refractivity contribution is -0.145. The number of carbonyl (C=O) groups excluding carboxylic acids is 2. The molecule has 0 heterocycles. The molecule has 0 aliphatic heterocycles. The molecule has 0 amide bonds. The van der Waals surface area contributed by atoms with Gasteiger partial charge in [0.15, 0.2) is 0 Å². The van der Waals surface area contributed by atoms with E-state index in [-0.39, 0.29) is 17.9 Å². The Morgan fingerprint density at radius 1 is 1.00 bits per heavy atom. The first-order valence-corrected chi connectivity index (χ1v) is 6.30. The first kappa shape index (κ1) is 15.9. The molecule has 1 atom stereocenters. The van der Waals surface area contributed by atoms with Crippen LogP contribution >= 0.6 is 0 Å². The molecular formula is C13H24O4. The average molecular weight is 244 g/mol. The van der Waals surface area contributed by atoms with Crippen molar-refractivity contribution in [1.82, 2.24) is 0 Å². The summed E-state index contributed by atoms with van der Waals surface area (Å²) in [6.45, 7) is 2.00. The van der Waals surface area contributed by atoms with Gasteiger partial charge < -0.3 is 9.47 Å². The van der Waals surface area contributed by atoms with Crippen molar-refractivity contribution in [2.75, 3.05) is 14.2 Å². The molecule has 0 aromatic heterocycles. The molecule has 0 saturated heterocycles. The van der Waals surface area contributed by atoms with E-state index in [9.17, 15) is 9.59 Å². The number of carbonyl (C=O) groups is 2. The Morgan fingerprint density at radius 3 is 2.18 bits per heavy atom. The molecule has 0 spiro atoms. The highest BCUT2D eigenvalue weighted by Gasteiger charge is 2.15. The summed E-state index contributed by atoms with van der Waals surface area (Å²) in [6.07, 6.45) is 6.12. The van der Waals surface area contributed by atoms with Crippen molar-refractivity contribution >= 4 is 11.9 Å². The Morgan fingerprint density at radius 2 is 1.65 bits per heavy atom. The van der Waals surface area contributed by atoms with Crippen molar-refractivity contribution in [2.24, 2.45) is 5.92 Å². The number of ether oxygens (including phenoxy) is 2. The highest BCUT2D eigenvalue weighted by Crippen LogP contribution is 2.16. The predicted octanol–water partition coefficient (Wildman–Crippen LogP) is 2.70. The molecule has 0 aliphatic carbocycles. The van der Waals surface area contributed by atoms with Gasteiger partial charge in [0.05, 0.1) is 20.1 Å². The first-order valence-electron chi connectivity index (χ1n) is 6.30. The molecule has 0 N–H and O–H groups in total. The van der Waals surface area contributed by atoms with Gasteiger partial charge in [-0.15, -0.1) is 0 Å². The quantitative estimate of drug-likeness (QED) is 0.462. The smallest absolute Gasteiger partial charge is 0.308 e. The summed E-state index contributed by atoms with van der Waals surface area (Å²) in [6, 6.07) is 0. The molecule has 100 valence electrons. The van der Waals surface area contributed by atoms with E-state index in [2.05, 4.69) is 4.74 Å². The van der Waals surface area contributed by atoms with Gasteiger partial charge in [-0.05, 0) is 19.3 Å². The van der Waals surface area contributed by atoms with Crippen LogP contribution in [0.5, 0.6) is 0 Å². The fourth-order valence-corrected chi connectivity index (χ4v) is 1.77. The molecule has 0 fully saturated rings. The number of esters is 2. The van der Waals surface area contributed by atoms with Gasteiger partial charge in [0.1, 0.15) is 0 Å². The number of rotatable bonds is 9. The van der Waals surface area contributed by atoms with Crippen molar-refractivity contribution in [1.29, 1.82) is 0 Å². The van der Waals surface area contributed by atoms with Crippen molar-refractivity contribution in [2.45, 2.75) is 51.9 Å². The molecule has 0 saturated carbocycles. The van der Waals surface area contributed by atoms with Gasteiger partial charge in [-0.2, -0.15) is 0 Å². The lowest BCUT2D eigenvalue weighted by Gasteiger charge is -2.11. The van der Waals surface area contributed by atoms with Crippen molar-refractivity contribution in [3.05, 3.63) is 0 Å². The largest absolute Gasteiger partial charge is 0.469 e. The monoisotopic (exact) mass is 244 g/mol. The van der Waals surface area contributed by atoms with Crippen molar-refractivity contribution in [3.63, 3.8) is 0 Å². The second kappa shape index (κ2) is 10.1. The van der Waals surface area contributed by atoms with Gasteiger partial charge in [0, 0.05) is 6.42 Å². The highest BCUT2D eigenvalue weighted by atomic mass is 16.5. The second-order valence-electron chi connectivity index (χ2n) is 4.16. The third-order valence-electron chi connectivity index (χ3n) is 2.94. The van der Waals surface area contributed by atoms with Crippen LogP contribution in [-0.2, 0) is 19.1 Å². The van der Waals surface area contributed by atoms with E-state index in [1.165, 1.54) is 14.2 Å². The maximum Gasteiger partial charge on any atom is 0.308 e. The van der Waals surface area contributed by atoms with E-state index in [1.54, 1.807) is 0 Å². The normalized spacial score (nSPS) is 11.9. The standard InChI is InChI=1S/C13H24O4/c1-4-11(13(15)17-3)9-7-5-6-8-10-12(14)16-2/h11H,4-10H2,1-3H3. The maximum absolute atomic E-state index is 11.3. The summed E-state index contributed by atoms with van der Waals surface area (Å²) in [4.78, 5) is 22.2. The minimum atomic E-state index is -0.147. The predicted molar refractivity (Wildman–Crippen MR) is 65.5 cm³/mol. The lowest BCUT2D eigenvalue weighted by atomic mass is 9.98. The molecule has 0 aromatic rings. The van der Waals surface area contributed by atoms with E-state index in [0.717, 1.165) is 38.5 Å². The third-order valence-corrected chi connectivity index (χ3v) is 2.94. The zero-order valence-corrected chi connectivity index (χ0v) is 11.2. The summed E-state index contributed by atoms with van der Waals surface area (Å²) in [5.74, 6) is -0.228. The van der Waals surface area contributed by atoms with Crippen LogP contribution in [0, 0.1) is 5.92 Å². The van der Waals surface area contributed by atoms with Crippen LogP contribution in [0.25, 0.3) is 0 Å². The zero-order valence-electron chi connectivity index (χ0n) is 11.2. The zero-order chi connectivity index (χ0) is 13.1. The molecule has 1 unspecified atom stereocenters. The lowest BCUT2D eigenvalue weighted by Crippen LogP contribution is -2.15. The number of hydrogen-bond acceptors (Lipinski definition) is 4. The van der Waals surface area contributed by atoms with Crippen LogP contribution in [0.4, 0.5) is 0 Å². The third kappa shape index (κ3) is 7.77. The Balaban J connectivity index is 3.49. The van der Waals surface area contributed by atoms with E-state index < -0.39 is 0 Å². The topological polar surface area (TPSA) is 52.6 Å². The van der Waals surface area contributed by atoms with Gasteiger partial charge in [-0.1, -0.05) is 26.2 Å². The fourth-order valence-electron chi connectivity index (χ4n) is 1.77. The highest BCUT2D eigenvalue weighted by molar-refractivity contribution is 5.72. The number of unbranched alkanes of at least 4 members (excludes halogenated alkanes) is 3. The maximum atomic E-state index is 11.3. The summed E-state index contributed by atoms with van der Waals surface area (Å²) in [5.41, 5.74) is 0. The minimum absolute atomic E-state index is 0.0283. The molecule has 0 radical (unpaired) electrons. The Bertz CT molecular complexity index is 225. The first-order chi connectivity index (χ1) is 8.15. The van der Waals surface area contributed by atoms with Gasteiger partial charge in [0.2, 0.25) is 0 Å². The van der Waals surface area contributed by atoms with Crippen molar-refractivity contribution < 1.29 is 19.1 Å².